The summed E-state index contributed by atoms with van der Waals surface area (Å²) in [5.41, 5.74) is 0.993. The first-order valence-corrected chi connectivity index (χ1v) is 7.32. The molecular formula is C18H20O6. The van der Waals surface area contributed by atoms with Crippen LogP contribution < -0.4 is 14.2 Å². The number of aromatic hydroxyl groups is 1. The van der Waals surface area contributed by atoms with Gasteiger partial charge in [0.05, 0.1) is 27.2 Å². The number of hydrogen-bond acceptors (Lipinski definition) is 5. The van der Waals surface area contributed by atoms with Gasteiger partial charge in [-0.05, 0) is 24.1 Å². The van der Waals surface area contributed by atoms with Crippen molar-refractivity contribution in [2.24, 2.45) is 0 Å². The van der Waals surface area contributed by atoms with Gasteiger partial charge in [0.25, 0.3) is 0 Å². The molecule has 1 atom stereocenters. The Hall–Kier alpha value is -2.89. The Labute approximate surface area is 140 Å². The Morgan fingerprint density at radius 3 is 2.21 bits per heavy atom. The summed E-state index contributed by atoms with van der Waals surface area (Å²) >= 11 is 0. The molecule has 0 saturated heterocycles. The molecule has 0 saturated carbocycles. The second-order valence-corrected chi connectivity index (χ2v) is 5.15. The van der Waals surface area contributed by atoms with Crippen molar-refractivity contribution in [2.75, 3.05) is 21.3 Å². The third-order valence-corrected chi connectivity index (χ3v) is 3.82. The van der Waals surface area contributed by atoms with Gasteiger partial charge in [-0.1, -0.05) is 24.3 Å². The van der Waals surface area contributed by atoms with Gasteiger partial charge >= 0.3 is 5.97 Å². The summed E-state index contributed by atoms with van der Waals surface area (Å²) in [4.78, 5) is 11.8. The number of carboxylic acid groups (broad SMARTS) is 1. The van der Waals surface area contributed by atoms with E-state index in [1.165, 1.54) is 27.4 Å². The van der Waals surface area contributed by atoms with Crippen LogP contribution in [-0.4, -0.2) is 37.5 Å². The lowest BCUT2D eigenvalue weighted by atomic mass is 9.90. The zero-order chi connectivity index (χ0) is 17.7. The molecule has 0 aromatic heterocycles. The number of para-hydroxylation sites is 1. The Morgan fingerprint density at radius 1 is 1.00 bits per heavy atom. The minimum Gasteiger partial charge on any atom is -0.508 e. The third-order valence-electron chi connectivity index (χ3n) is 3.82. The number of phenols is 1. The van der Waals surface area contributed by atoms with E-state index in [0.717, 1.165) is 0 Å². The zero-order valence-corrected chi connectivity index (χ0v) is 13.8. The maximum atomic E-state index is 11.8. The first-order chi connectivity index (χ1) is 11.5. The van der Waals surface area contributed by atoms with Crippen molar-refractivity contribution >= 4 is 5.97 Å². The molecule has 0 amide bonds. The summed E-state index contributed by atoms with van der Waals surface area (Å²) in [7, 11) is 4.40. The first kappa shape index (κ1) is 17.5. The number of hydrogen-bond donors (Lipinski definition) is 2. The van der Waals surface area contributed by atoms with E-state index in [-0.39, 0.29) is 12.2 Å². The van der Waals surface area contributed by atoms with Crippen LogP contribution in [0.3, 0.4) is 0 Å². The number of methoxy groups -OCH3 is 3. The molecule has 2 aromatic carbocycles. The number of aliphatic carboxylic acids is 1. The predicted molar refractivity (Wildman–Crippen MR) is 88.3 cm³/mol. The smallest absolute Gasteiger partial charge is 0.311 e. The molecule has 0 heterocycles. The Kier molecular flexibility index (Phi) is 5.52. The van der Waals surface area contributed by atoms with E-state index in [1.807, 2.05) is 0 Å². The molecule has 2 rings (SSSR count). The van der Waals surface area contributed by atoms with Gasteiger partial charge in [-0.2, -0.15) is 0 Å². The molecule has 0 aliphatic heterocycles. The van der Waals surface area contributed by atoms with Gasteiger partial charge in [0.15, 0.2) is 11.5 Å². The number of benzene rings is 2. The van der Waals surface area contributed by atoms with Crippen LogP contribution in [0.25, 0.3) is 0 Å². The van der Waals surface area contributed by atoms with Crippen molar-refractivity contribution < 1.29 is 29.2 Å². The maximum absolute atomic E-state index is 11.8. The molecule has 6 heteroatoms. The molecule has 6 nitrogen and oxygen atoms in total. The third kappa shape index (κ3) is 3.37. The predicted octanol–water partition coefficient (Wildman–Crippen LogP) is 2.83. The second kappa shape index (κ2) is 7.59. The first-order valence-electron chi connectivity index (χ1n) is 7.32. The van der Waals surface area contributed by atoms with Crippen molar-refractivity contribution in [3.8, 4) is 23.0 Å². The van der Waals surface area contributed by atoms with Crippen LogP contribution >= 0.6 is 0 Å². The fourth-order valence-electron chi connectivity index (χ4n) is 2.63. The largest absolute Gasteiger partial charge is 0.508 e. The van der Waals surface area contributed by atoms with Gasteiger partial charge in [0.2, 0.25) is 5.75 Å². The molecule has 0 fully saturated rings. The summed E-state index contributed by atoms with van der Waals surface area (Å²) in [6.07, 6.45) is 0.119. The highest BCUT2D eigenvalue weighted by atomic mass is 16.5. The van der Waals surface area contributed by atoms with Crippen LogP contribution in [0, 0.1) is 0 Å². The van der Waals surface area contributed by atoms with Crippen LogP contribution in [0.2, 0.25) is 0 Å². The summed E-state index contributed by atoms with van der Waals surface area (Å²) < 4.78 is 15.9. The summed E-state index contributed by atoms with van der Waals surface area (Å²) in [5, 5.41) is 19.6. The van der Waals surface area contributed by atoms with Gasteiger partial charge in [-0.3, -0.25) is 4.79 Å². The molecule has 128 valence electrons. The second-order valence-electron chi connectivity index (χ2n) is 5.15. The average molecular weight is 332 g/mol. The number of carbonyl (C=O) groups is 1. The number of rotatable bonds is 7. The summed E-state index contributed by atoms with van der Waals surface area (Å²) in [6.45, 7) is 0. The van der Waals surface area contributed by atoms with E-state index in [2.05, 4.69) is 0 Å². The molecule has 0 aliphatic rings. The highest BCUT2D eigenvalue weighted by molar-refractivity contribution is 5.79. The molecule has 0 spiro atoms. The molecule has 0 radical (unpaired) electrons. The van der Waals surface area contributed by atoms with Crippen molar-refractivity contribution in [1.82, 2.24) is 0 Å². The SMILES string of the molecule is COc1ccc(C(Cc2ccccc2O)C(=O)O)c(OC)c1OC. The van der Waals surface area contributed by atoms with E-state index < -0.39 is 11.9 Å². The van der Waals surface area contributed by atoms with Crippen LogP contribution in [0.1, 0.15) is 17.0 Å². The fraction of sp³-hybridized carbons (Fsp3) is 0.278. The molecule has 2 aromatic rings. The van der Waals surface area contributed by atoms with Crippen molar-refractivity contribution in [3.63, 3.8) is 0 Å². The van der Waals surface area contributed by atoms with E-state index in [4.69, 9.17) is 14.2 Å². The molecular weight excluding hydrogens is 312 g/mol. The minimum absolute atomic E-state index is 0.0585. The molecule has 0 bridgehead atoms. The number of phenolic OH excluding ortho intramolecular Hbond substituents is 1. The maximum Gasteiger partial charge on any atom is 0.311 e. The Morgan fingerprint density at radius 2 is 1.67 bits per heavy atom. The fourth-order valence-corrected chi connectivity index (χ4v) is 2.63. The summed E-state index contributed by atoms with van der Waals surface area (Å²) in [6, 6.07) is 9.93. The van der Waals surface area contributed by atoms with E-state index in [9.17, 15) is 15.0 Å². The number of carboxylic acids is 1. The lowest BCUT2D eigenvalue weighted by Crippen LogP contribution is -2.16. The van der Waals surface area contributed by atoms with Gasteiger partial charge < -0.3 is 24.4 Å². The van der Waals surface area contributed by atoms with Crippen LogP contribution in [0.15, 0.2) is 36.4 Å². The average Bonchev–Trinajstić information content (AvgIpc) is 2.59. The normalized spacial score (nSPS) is 11.6. The standard InChI is InChI=1S/C18H20O6/c1-22-15-9-8-12(16(23-2)17(15)24-3)13(18(20)21)10-11-6-4-5-7-14(11)19/h4-9,13,19H,10H2,1-3H3,(H,20,21). The van der Waals surface area contributed by atoms with Crippen molar-refractivity contribution in [3.05, 3.63) is 47.5 Å². The Bertz CT molecular complexity index is 725. The summed E-state index contributed by atoms with van der Waals surface area (Å²) in [5.74, 6) is -0.787. The van der Waals surface area contributed by atoms with Gasteiger partial charge in [-0.15, -0.1) is 0 Å². The Balaban J connectivity index is 2.52. The van der Waals surface area contributed by atoms with E-state index in [0.29, 0.717) is 28.4 Å². The van der Waals surface area contributed by atoms with Gasteiger partial charge in [0, 0.05) is 5.56 Å². The van der Waals surface area contributed by atoms with Crippen LogP contribution in [0.5, 0.6) is 23.0 Å². The lowest BCUT2D eigenvalue weighted by molar-refractivity contribution is -0.138. The van der Waals surface area contributed by atoms with E-state index in [1.54, 1.807) is 30.3 Å². The highest BCUT2D eigenvalue weighted by Gasteiger charge is 2.28. The lowest BCUT2D eigenvalue weighted by Gasteiger charge is -2.20. The topological polar surface area (TPSA) is 85.2 Å². The highest BCUT2D eigenvalue weighted by Crippen LogP contribution is 2.43. The van der Waals surface area contributed by atoms with E-state index >= 15 is 0 Å². The molecule has 2 N–H and O–H groups in total. The molecule has 1 unspecified atom stereocenters. The van der Waals surface area contributed by atoms with Crippen molar-refractivity contribution in [2.45, 2.75) is 12.3 Å². The zero-order valence-electron chi connectivity index (χ0n) is 13.8. The quantitative estimate of drug-likeness (QED) is 0.811. The van der Waals surface area contributed by atoms with Crippen LogP contribution in [-0.2, 0) is 11.2 Å². The molecule has 24 heavy (non-hydrogen) atoms. The minimum atomic E-state index is -1.02. The van der Waals surface area contributed by atoms with Gasteiger partial charge in [-0.25, -0.2) is 0 Å². The number of ether oxygens (including phenoxy) is 3. The monoisotopic (exact) mass is 332 g/mol. The van der Waals surface area contributed by atoms with Crippen LogP contribution in [0.4, 0.5) is 0 Å². The van der Waals surface area contributed by atoms with Gasteiger partial charge in [0.1, 0.15) is 5.75 Å². The van der Waals surface area contributed by atoms with Crippen molar-refractivity contribution in [1.29, 1.82) is 0 Å². The molecule has 0 aliphatic carbocycles.